The largest absolute Gasteiger partial charge is 0.384 e. The van der Waals surface area contributed by atoms with Gasteiger partial charge in [-0.2, -0.15) is 0 Å². The lowest BCUT2D eigenvalue weighted by molar-refractivity contribution is 0.152. The molecule has 0 radical (unpaired) electrons. The maximum Gasteiger partial charge on any atom is 0.172 e. The molecule has 0 heterocycles. The Hall–Kier alpha value is -1.42. The smallest absolute Gasteiger partial charge is 0.172 e. The second-order valence-electron chi connectivity index (χ2n) is 11.4. The highest BCUT2D eigenvalue weighted by molar-refractivity contribution is 7.03. The summed E-state index contributed by atoms with van der Waals surface area (Å²) in [5.74, 6) is 1.78. The Morgan fingerprint density at radius 2 is 0.829 bits per heavy atom. The van der Waals surface area contributed by atoms with Gasteiger partial charge < -0.3 is 9.47 Å². The normalized spacial score (nSPS) is 12.5. The van der Waals surface area contributed by atoms with Crippen LogP contribution in [0.2, 0.25) is 0 Å². The summed E-state index contributed by atoms with van der Waals surface area (Å²) in [4.78, 5) is 0. The van der Waals surface area contributed by atoms with Gasteiger partial charge >= 0.3 is 0 Å². The standard InChI is InChI=1S/C32H52O2Si/c1-11-19-33-21-35(22-34-20-12-2,31-27(23(3)4)15-13-16-28(31)24(5)6)32-29(25(7)8)17-14-18-30(32)26(9)10/h13-18,23-26H,11-12,19-22H2,1-10H3. The Kier molecular flexibility index (Phi) is 11.7. The van der Waals surface area contributed by atoms with E-state index in [0.717, 1.165) is 38.5 Å². The van der Waals surface area contributed by atoms with E-state index in [9.17, 15) is 0 Å². The van der Waals surface area contributed by atoms with Crippen molar-refractivity contribution < 1.29 is 9.47 Å². The molecule has 0 aliphatic carbocycles. The maximum absolute atomic E-state index is 6.61. The van der Waals surface area contributed by atoms with Gasteiger partial charge in [-0.25, -0.2) is 0 Å². The fraction of sp³-hybridized carbons (Fsp3) is 0.625. The molecule has 2 rings (SSSR count). The van der Waals surface area contributed by atoms with Crippen LogP contribution in [0.15, 0.2) is 36.4 Å². The summed E-state index contributed by atoms with van der Waals surface area (Å²) in [6.45, 7) is 24.8. The molecule has 0 aliphatic heterocycles. The van der Waals surface area contributed by atoms with E-state index in [-0.39, 0.29) is 0 Å². The first-order valence-electron chi connectivity index (χ1n) is 14.0. The van der Waals surface area contributed by atoms with Crippen molar-refractivity contribution in [3.05, 3.63) is 58.7 Å². The molecular weight excluding hydrogens is 444 g/mol. The van der Waals surface area contributed by atoms with Crippen molar-refractivity contribution in [3.8, 4) is 0 Å². The molecule has 0 bridgehead atoms. The van der Waals surface area contributed by atoms with Crippen molar-refractivity contribution in [1.29, 1.82) is 0 Å². The second kappa shape index (κ2) is 13.8. The second-order valence-corrected chi connectivity index (χ2v) is 15.2. The van der Waals surface area contributed by atoms with Gasteiger partial charge in [0.15, 0.2) is 8.07 Å². The molecule has 2 aromatic rings. The summed E-state index contributed by atoms with van der Waals surface area (Å²) in [6.07, 6.45) is 3.62. The molecule has 0 unspecified atom stereocenters. The quantitative estimate of drug-likeness (QED) is 0.197. The molecule has 2 nitrogen and oxygen atoms in total. The number of hydrogen-bond acceptors (Lipinski definition) is 2. The minimum Gasteiger partial charge on any atom is -0.384 e. The summed E-state index contributed by atoms with van der Waals surface area (Å²) in [5.41, 5.74) is 5.93. The Bertz CT molecular complexity index is 786. The molecule has 196 valence electrons. The summed E-state index contributed by atoms with van der Waals surface area (Å²) >= 11 is 0. The number of ether oxygens (including phenoxy) is 2. The van der Waals surface area contributed by atoms with Crippen LogP contribution in [-0.4, -0.2) is 33.7 Å². The molecule has 0 amide bonds. The topological polar surface area (TPSA) is 18.5 Å². The van der Waals surface area contributed by atoms with E-state index >= 15 is 0 Å². The first-order chi connectivity index (χ1) is 16.6. The molecule has 0 fully saturated rings. The minimum atomic E-state index is -2.50. The lowest BCUT2D eigenvalue weighted by Gasteiger charge is -2.41. The van der Waals surface area contributed by atoms with Crippen LogP contribution in [0.25, 0.3) is 0 Å². The molecule has 0 aromatic heterocycles. The molecule has 0 atom stereocenters. The van der Waals surface area contributed by atoms with Crippen molar-refractivity contribution in [2.24, 2.45) is 0 Å². The van der Waals surface area contributed by atoms with E-state index in [0.29, 0.717) is 23.7 Å². The van der Waals surface area contributed by atoms with Crippen LogP contribution < -0.4 is 10.4 Å². The van der Waals surface area contributed by atoms with Crippen molar-refractivity contribution in [2.45, 2.75) is 106 Å². The fourth-order valence-corrected chi connectivity index (χ4v) is 11.0. The molecule has 3 heteroatoms. The summed E-state index contributed by atoms with van der Waals surface area (Å²) in [5, 5.41) is 3.15. The van der Waals surface area contributed by atoms with E-state index < -0.39 is 8.07 Å². The number of benzene rings is 2. The Morgan fingerprint density at radius 3 is 1.06 bits per heavy atom. The minimum absolute atomic E-state index is 0.446. The molecular formula is C32H52O2Si. The molecule has 0 spiro atoms. The first kappa shape index (κ1) is 29.8. The van der Waals surface area contributed by atoms with Crippen LogP contribution in [-0.2, 0) is 9.47 Å². The zero-order valence-corrected chi connectivity index (χ0v) is 25.3. The predicted octanol–water partition coefficient (Wildman–Crippen LogP) is 7.67. The SMILES string of the molecule is CCCOC[Si](COCCC)(c1c(C(C)C)cccc1C(C)C)c1c(C(C)C)cccc1C(C)C. The third-order valence-electron chi connectivity index (χ3n) is 7.10. The van der Waals surface area contributed by atoms with Gasteiger partial charge in [-0.15, -0.1) is 0 Å². The van der Waals surface area contributed by atoms with Crippen LogP contribution in [0.3, 0.4) is 0 Å². The van der Waals surface area contributed by atoms with Crippen LogP contribution in [0.5, 0.6) is 0 Å². The lowest BCUT2D eigenvalue weighted by Crippen LogP contribution is -2.69. The molecule has 35 heavy (non-hydrogen) atoms. The summed E-state index contributed by atoms with van der Waals surface area (Å²) in [7, 11) is -2.50. The van der Waals surface area contributed by atoms with Crippen molar-refractivity contribution in [1.82, 2.24) is 0 Å². The third kappa shape index (κ3) is 6.87. The van der Waals surface area contributed by atoms with Crippen molar-refractivity contribution in [3.63, 3.8) is 0 Å². The molecule has 0 saturated heterocycles. The van der Waals surface area contributed by atoms with Crippen molar-refractivity contribution >= 4 is 18.4 Å². The molecule has 2 aromatic carbocycles. The van der Waals surface area contributed by atoms with Gasteiger partial charge in [0.2, 0.25) is 0 Å². The van der Waals surface area contributed by atoms with Gasteiger partial charge in [-0.3, -0.25) is 0 Å². The van der Waals surface area contributed by atoms with Crippen LogP contribution in [0, 0.1) is 0 Å². The van der Waals surface area contributed by atoms with Crippen molar-refractivity contribution in [2.75, 3.05) is 25.7 Å². The third-order valence-corrected chi connectivity index (χ3v) is 11.6. The van der Waals surface area contributed by atoms with Crippen LogP contribution >= 0.6 is 0 Å². The maximum atomic E-state index is 6.61. The predicted molar refractivity (Wildman–Crippen MR) is 156 cm³/mol. The van der Waals surface area contributed by atoms with Gasteiger partial charge in [-0.05, 0) is 69.1 Å². The highest BCUT2D eigenvalue weighted by atomic mass is 28.3. The van der Waals surface area contributed by atoms with Gasteiger partial charge in [0.05, 0.1) is 12.5 Å². The molecule has 0 N–H and O–H groups in total. The highest BCUT2D eigenvalue weighted by Gasteiger charge is 2.45. The van der Waals surface area contributed by atoms with Crippen LogP contribution in [0.1, 0.15) is 128 Å². The Balaban J connectivity index is 3.10. The van der Waals surface area contributed by atoms with E-state index in [2.05, 4.69) is 106 Å². The summed E-state index contributed by atoms with van der Waals surface area (Å²) < 4.78 is 13.2. The fourth-order valence-electron chi connectivity index (χ4n) is 5.44. The first-order valence-corrected chi connectivity index (χ1v) is 16.5. The van der Waals surface area contributed by atoms with Gasteiger partial charge in [-0.1, -0.05) is 106 Å². The van der Waals surface area contributed by atoms with Gasteiger partial charge in [0.25, 0.3) is 0 Å². The highest BCUT2D eigenvalue weighted by Crippen LogP contribution is 2.29. The number of rotatable bonds is 14. The van der Waals surface area contributed by atoms with E-state index in [4.69, 9.17) is 9.47 Å². The Morgan fingerprint density at radius 1 is 0.543 bits per heavy atom. The molecule has 0 aliphatic rings. The van der Waals surface area contributed by atoms with E-state index in [1.54, 1.807) is 10.4 Å². The van der Waals surface area contributed by atoms with Gasteiger partial charge in [0, 0.05) is 13.2 Å². The number of hydrogen-bond donors (Lipinski definition) is 0. The van der Waals surface area contributed by atoms with Crippen LogP contribution in [0.4, 0.5) is 0 Å². The monoisotopic (exact) mass is 496 g/mol. The Labute approximate surface area is 217 Å². The van der Waals surface area contributed by atoms with E-state index in [1.807, 2.05) is 0 Å². The summed E-state index contributed by atoms with van der Waals surface area (Å²) in [6, 6.07) is 14.0. The van der Waals surface area contributed by atoms with E-state index in [1.165, 1.54) is 22.3 Å². The zero-order chi connectivity index (χ0) is 26.2. The zero-order valence-electron chi connectivity index (χ0n) is 24.3. The lowest BCUT2D eigenvalue weighted by atomic mass is 9.95. The molecule has 0 saturated carbocycles. The average Bonchev–Trinajstić information content (AvgIpc) is 2.82. The average molecular weight is 497 g/mol. The van der Waals surface area contributed by atoms with Gasteiger partial charge in [0.1, 0.15) is 0 Å².